The van der Waals surface area contributed by atoms with E-state index in [2.05, 4.69) is 19.9 Å². The lowest BCUT2D eigenvalue weighted by Crippen LogP contribution is -1.95. The van der Waals surface area contributed by atoms with Crippen molar-refractivity contribution in [1.29, 1.82) is 0 Å². The SMILES string of the molecule is C/C(=C\C(C)C)C1=CCC(=O)O1. The van der Waals surface area contributed by atoms with E-state index in [-0.39, 0.29) is 5.97 Å². The molecule has 0 amide bonds. The van der Waals surface area contributed by atoms with Crippen LogP contribution in [0.15, 0.2) is 23.5 Å². The molecule has 2 heteroatoms. The van der Waals surface area contributed by atoms with Crippen molar-refractivity contribution in [2.75, 3.05) is 0 Å². The molecule has 0 N–H and O–H groups in total. The summed E-state index contributed by atoms with van der Waals surface area (Å²) in [6.07, 6.45) is 4.33. The molecule has 1 aliphatic heterocycles. The first-order valence-electron chi connectivity index (χ1n) is 4.19. The summed E-state index contributed by atoms with van der Waals surface area (Å²) >= 11 is 0. The molecule has 0 aromatic rings. The molecule has 0 bridgehead atoms. The smallest absolute Gasteiger partial charge is 0.315 e. The Labute approximate surface area is 72.9 Å². The van der Waals surface area contributed by atoms with Crippen LogP contribution in [0, 0.1) is 5.92 Å². The third-order valence-electron chi connectivity index (χ3n) is 1.65. The molecule has 1 aliphatic rings. The number of hydrogen-bond acceptors (Lipinski definition) is 2. The van der Waals surface area contributed by atoms with Crippen LogP contribution in [0.1, 0.15) is 27.2 Å². The van der Waals surface area contributed by atoms with E-state index in [1.54, 1.807) is 0 Å². The molecule has 0 saturated heterocycles. The summed E-state index contributed by atoms with van der Waals surface area (Å²) in [5, 5.41) is 0. The predicted octanol–water partition coefficient (Wildman–Crippen LogP) is 2.42. The van der Waals surface area contributed by atoms with Crippen LogP contribution in [-0.2, 0) is 9.53 Å². The molecule has 0 fully saturated rings. The van der Waals surface area contributed by atoms with Crippen molar-refractivity contribution in [3.8, 4) is 0 Å². The Morgan fingerprint density at radius 2 is 2.33 bits per heavy atom. The Bertz CT molecular complexity index is 247. The van der Waals surface area contributed by atoms with Gasteiger partial charge in [-0.25, -0.2) is 0 Å². The fraction of sp³-hybridized carbons (Fsp3) is 0.500. The van der Waals surface area contributed by atoms with E-state index in [1.165, 1.54) is 0 Å². The van der Waals surface area contributed by atoms with Crippen LogP contribution in [0.25, 0.3) is 0 Å². The summed E-state index contributed by atoms with van der Waals surface area (Å²) < 4.78 is 4.98. The summed E-state index contributed by atoms with van der Waals surface area (Å²) in [7, 11) is 0. The summed E-state index contributed by atoms with van der Waals surface area (Å²) in [6, 6.07) is 0. The zero-order chi connectivity index (χ0) is 9.14. The monoisotopic (exact) mass is 166 g/mol. The molecular formula is C10H14O2. The average Bonchev–Trinajstić information content (AvgIpc) is 2.34. The van der Waals surface area contributed by atoms with E-state index >= 15 is 0 Å². The van der Waals surface area contributed by atoms with Crippen molar-refractivity contribution in [3.63, 3.8) is 0 Å². The number of cyclic esters (lactones) is 1. The molecule has 0 aliphatic carbocycles. The van der Waals surface area contributed by atoms with Crippen molar-refractivity contribution >= 4 is 5.97 Å². The van der Waals surface area contributed by atoms with Crippen LogP contribution in [-0.4, -0.2) is 5.97 Å². The third-order valence-corrected chi connectivity index (χ3v) is 1.65. The lowest BCUT2D eigenvalue weighted by Gasteiger charge is -2.03. The quantitative estimate of drug-likeness (QED) is 0.589. The van der Waals surface area contributed by atoms with Crippen LogP contribution in [0.2, 0.25) is 0 Å². The minimum Gasteiger partial charge on any atom is -0.426 e. The Kier molecular flexibility index (Phi) is 2.69. The van der Waals surface area contributed by atoms with E-state index in [9.17, 15) is 4.79 Å². The van der Waals surface area contributed by atoms with Gasteiger partial charge in [0.15, 0.2) is 0 Å². The standard InChI is InChI=1S/C10H14O2/c1-7(2)6-8(3)9-4-5-10(11)12-9/h4,6-7H,5H2,1-3H3/b8-6+. The molecule has 0 aromatic carbocycles. The van der Waals surface area contributed by atoms with Gasteiger partial charge in [-0.2, -0.15) is 0 Å². The van der Waals surface area contributed by atoms with E-state index in [4.69, 9.17) is 4.74 Å². The molecule has 0 aromatic heterocycles. The highest BCUT2D eigenvalue weighted by Gasteiger charge is 2.15. The van der Waals surface area contributed by atoms with Crippen LogP contribution in [0.5, 0.6) is 0 Å². The van der Waals surface area contributed by atoms with Gasteiger partial charge in [-0.3, -0.25) is 4.79 Å². The molecule has 66 valence electrons. The number of ether oxygens (including phenoxy) is 1. The van der Waals surface area contributed by atoms with Gasteiger partial charge < -0.3 is 4.74 Å². The highest BCUT2D eigenvalue weighted by Crippen LogP contribution is 2.20. The topological polar surface area (TPSA) is 26.3 Å². The van der Waals surface area contributed by atoms with Gasteiger partial charge in [-0.1, -0.05) is 19.9 Å². The van der Waals surface area contributed by atoms with Crippen molar-refractivity contribution < 1.29 is 9.53 Å². The summed E-state index contributed by atoms with van der Waals surface area (Å²) in [6.45, 7) is 6.16. The maximum Gasteiger partial charge on any atom is 0.315 e. The van der Waals surface area contributed by atoms with Crippen LogP contribution >= 0.6 is 0 Å². The van der Waals surface area contributed by atoms with E-state index < -0.39 is 0 Å². The summed E-state index contributed by atoms with van der Waals surface area (Å²) in [4.78, 5) is 10.7. The molecule has 2 nitrogen and oxygen atoms in total. The lowest BCUT2D eigenvalue weighted by molar-refractivity contribution is -0.136. The van der Waals surface area contributed by atoms with Crippen LogP contribution < -0.4 is 0 Å². The number of carbonyl (C=O) groups is 1. The molecular weight excluding hydrogens is 152 g/mol. The maximum absolute atomic E-state index is 10.7. The van der Waals surface area contributed by atoms with Crippen molar-refractivity contribution in [3.05, 3.63) is 23.5 Å². The van der Waals surface area contributed by atoms with Gasteiger partial charge in [0.25, 0.3) is 0 Å². The predicted molar refractivity (Wildman–Crippen MR) is 47.4 cm³/mol. The van der Waals surface area contributed by atoms with E-state index in [0.29, 0.717) is 12.3 Å². The highest BCUT2D eigenvalue weighted by atomic mass is 16.5. The Morgan fingerprint density at radius 1 is 1.67 bits per heavy atom. The molecule has 1 rings (SSSR count). The first-order valence-corrected chi connectivity index (χ1v) is 4.19. The Balaban J connectivity index is 2.65. The maximum atomic E-state index is 10.7. The number of esters is 1. The zero-order valence-corrected chi connectivity index (χ0v) is 7.76. The molecule has 0 radical (unpaired) electrons. The fourth-order valence-corrected chi connectivity index (χ4v) is 1.21. The first kappa shape index (κ1) is 9.04. The zero-order valence-electron chi connectivity index (χ0n) is 7.76. The van der Waals surface area contributed by atoms with Crippen molar-refractivity contribution in [2.45, 2.75) is 27.2 Å². The van der Waals surface area contributed by atoms with Gasteiger partial charge in [-0.05, 0) is 24.5 Å². The third kappa shape index (κ3) is 2.22. The molecule has 0 atom stereocenters. The van der Waals surface area contributed by atoms with Crippen molar-refractivity contribution in [1.82, 2.24) is 0 Å². The van der Waals surface area contributed by atoms with Gasteiger partial charge in [0, 0.05) is 0 Å². The summed E-state index contributed by atoms with van der Waals surface area (Å²) in [5.41, 5.74) is 1.05. The number of hydrogen-bond donors (Lipinski definition) is 0. The van der Waals surface area contributed by atoms with E-state index in [1.807, 2.05) is 13.0 Å². The molecule has 0 spiro atoms. The Morgan fingerprint density at radius 3 is 2.75 bits per heavy atom. The second-order valence-electron chi connectivity index (χ2n) is 3.34. The number of carbonyl (C=O) groups excluding carboxylic acids is 1. The van der Waals surface area contributed by atoms with Gasteiger partial charge >= 0.3 is 5.97 Å². The second-order valence-corrected chi connectivity index (χ2v) is 3.34. The average molecular weight is 166 g/mol. The van der Waals surface area contributed by atoms with Crippen LogP contribution in [0.3, 0.4) is 0 Å². The van der Waals surface area contributed by atoms with Crippen LogP contribution in [0.4, 0.5) is 0 Å². The largest absolute Gasteiger partial charge is 0.426 e. The molecule has 0 saturated carbocycles. The second kappa shape index (κ2) is 3.57. The van der Waals surface area contributed by atoms with E-state index in [0.717, 1.165) is 11.3 Å². The number of allylic oxidation sites excluding steroid dienone is 2. The minimum absolute atomic E-state index is 0.151. The van der Waals surface area contributed by atoms with Gasteiger partial charge in [0.2, 0.25) is 0 Å². The van der Waals surface area contributed by atoms with Crippen molar-refractivity contribution in [2.24, 2.45) is 5.92 Å². The Hall–Kier alpha value is -1.05. The van der Waals surface area contributed by atoms with Gasteiger partial charge in [0.05, 0.1) is 6.42 Å². The molecule has 1 heterocycles. The van der Waals surface area contributed by atoms with Gasteiger partial charge in [0.1, 0.15) is 5.76 Å². The lowest BCUT2D eigenvalue weighted by atomic mass is 10.1. The molecule has 12 heavy (non-hydrogen) atoms. The first-order chi connectivity index (χ1) is 5.59. The fourth-order valence-electron chi connectivity index (χ4n) is 1.21. The summed E-state index contributed by atoms with van der Waals surface area (Å²) in [5.74, 6) is 1.07. The normalized spacial score (nSPS) is 18.2. The molecule has 0 unspecified atom stereocenters. The minimum atomic E-state index is -0.151. The van der Waals surface area contributed by atoms with Gasteiger partial charge in [-0.15, -0.1) is 0 Å². The number of rotatable bonds is 2. The highest BCUT2D eigenvalue weighted by molar-refractivity contribution is 5.76.